The summed E-state index contributed by atoms with van der Waals surface area (Å²) in [6, 6.07) is -1.93. The Bertz CT molecular complexity index is 313. The lowest BCUT2D eigenvalue weighted by molar-refractivity contribution is -0.139. The Morgan fingerprint density at radius 1 is 1.00 bits per heavy atom. The molecule has 0 aromatic rings. The lowest BCUT2D eigenvalue weighted by Gasteiger charge is -2.17. The van der Waals surface area contributed by atoms with Gasteiger partial charge >= 0.3 is 11.9 Å². The topological polar surface area (TPSA) is 116 Å². The molecule has 0 amide bonds. The van der Waals surface area contributed by atoms with Crippen molar-refractivity contribution in [1.82, 2.24) is 9.44 Å². The number of carboxylic acid groups (broad SMARTS) is 2. The summed E-state index contributed by atoms with van der Waals surface area (Å²) < 4.78 is 16.5. The van der Waals surface area contributed by atoms with Gasteiger partial charge in [0.25, 0.3) is 0 Å². The van der Waals surface area contributed by atoms with E-state index in [2.05, 4.69) is 9.44 Å². The van der Waals surface area contributed by atoms with E-state index in [1.165, 1.54) is 23.5 Å². The normalized spacial score (nSPS) is 14.2. The molecule has 0 aromatic heterocycles. The maximum Gasteiger partial charge on any atom is 0.321 e. The lowest BCUT2D eigenvalue weighted by atomic mass is 10.2. The molecule has 0 bridgehead atoms. The van der Waals surface area contributed by atoms with Gasteiger partial charge in [-0.05, 0) is 36.9 Å². The predicted molar refractivity (Wildman–Crippen MR) is 83.3 cm³/mol. The third-order valence-electron chi connectivity index (χ3n) is 2.32. The molecule has 0 aromatic carbocycles. The second kappa shape index (κ2) is 11.4. The number of thioether (sulfide) groups is 2. The zero-order valence-electron chi connectivity index (χ0n) is 11.3. The third-order valence-corrected chi connectivity index (χ3v) is 4.60. The van der Waals surface area contributed by atoms with Crippen LogP contribution in [-0.4, -0.2) is 62.5 Å². The highest BCUT2D eigenvalue weighted by atomic mass is 32.2. The molecule has 0 aliphatic heterocycles. The Labute approximate surface area is 129 Å². The number of aliphatic carboxylic acids is 2. The Balaban J connectivity index is 4.40. The van der Waals surface area contributed by atoms with Gasteiger partial charge in [-0.2, -0.15) is 23.5 Å². The van der Waals surface area contributed by atoms with Crippen LogP contribution in [0.5, 0.6) is 0 Å². The highest BCUT2D eigenvalue weighted by Gasteiger charge is 2.23. The van der Waals surface area contributed by atoms with Gasteiger partial charge in [-0.1, -0.05) is 0 Å². The Hall–Kier alpha value is -0.290. The summed E-state index contributed by atoms with van der Waals surface area (Å²) in [7, 11) is 0. The highest BCUT2D eigenvalue weighted by Crippen LogP contribution is 2.03. The molecule has 0 fully saturated rings. The molecule has 0 radical (unpaired) electrons. The van der Waals surface area contributed by atoms with Gasteiger partial charge in [0.15, 0.2) is 11.2 Å². The van der Waals surface area contributed by atoms with Crippen molar-refractivity contribution in [1.29, 1.82) is 0 Å². The van der Waals surface area contributed by atoms with Crippen molar-refractivity contribution >= 4 is 46.6 Å². The van der Waals surface area contributed by atoms with Gasteiger partial charge in [0.1, 0.15) is 12.1 Å². The SMILES string of the molecule is CSCC[C@@H](NS(=O)N[C@H](CCSC)C(=O)O)C(=O)O. The van der Waals surface area contributed by atoms with Crippen molar-refractivity contribution < 1.29 is 24.0 Å². The molecule has 0 rings (SSSR count). The maximum absolute atomic E-state index is 11.7. The summed E-state index contributed by atoms with van der Waals surface area (Å²) in [5.74, 6) is -0.998. The predicted octanol–water partition coefficient (Wildman–Crippen LogP) is 0.157. The molecular weight excluding hydrogens is 324 g/mol. The maximum atomic E-state index is 11.7. The fourth-order valence-electron chi connectivity index (χ4n) is 1.23. The van der Waals surface area contributed by atoms with E-state index in [4.69, 9.17) is 10.2 Å². The van der Waals surface area contributed by atoms with Gasteiger partial charge in [-0.3, -0.25) is 9.59 Å². The third kappa shape index (κ3) is 8.80. The molecule has 0 saturated carbocycles. The molecule has 10 heteroatoms. The van der Waals surface area contributed by atoms with Gasteiger partial charge in [0.05, 0.1) is 0 Å². The van der Waals surface area contributed by atoms with Crippen molar-refractivity contribution in [2.45, 2.75) is 24.9 Å². The van der Waals surface area contributed by atoms with Crippen molar-refractivity contribution in [3.8, 4) is 0 Å². The van der Waals surface area contributed by atoms with Gasteiger partial charge in [-0.25, -0.2) is 13.7 Å². The first-order chi connectivity index (χ1) is 9.42. The van der Waals surface area contributed by atoms with Crippen molar-refractivity contribution in [3.05, 3.63) is 0 Å². The monoisotopic (exact) mass is 344 g/mol. The van der Waals surface area contributed by atoms with E-state index in [0.29, 0.717) is 24.3 Å². The molecule has 118 valence electrons. The van der Waals surface area contributed by atoms with E-state index in [0.717, 1.165) is 0 Å². The summed E-state index contributed by atoms with van der Waals surface area (Å²) in [6.07, 6.45) is 4.31. The fourth-order valence-corrected chi connectivity index (χ4v) is 3.19. The molecule has 0 aliphatic carbocycles. The molecule has 0 aliphatic rings. The first kappa shape index (κ1) is 19.7. The standard InChI is InChI=1S/C10H20N2O5S3/c1-18-5-3-7(9(13)14)11-20(17)12-8(10(15)16)4-6-19-2/h7-8,11-12H,3-6H2,1-2H3,(H,13,14)(H,15,16)/t7-,8-/m1/s1. The van der Waals surface area contributed by atoms with E-state index in [-0.39, 0.29) is 0 Å². The quantitative estimate of drug-likeness (QED) is 0.398. The largest absolute Gasteiger partial charge is 0.480 e. The summed E-state index contributed by atoms with van der Waals surface area (Å²) in [5, 5.41) is 18.0. The molecule has 2 atom stereocenters. The minimum atomic E-state index is -1.91. The Morgan fingerprint density at radius 2 is 1.35 bits per heavy atom. The van der Waals surface area contributed by atoms with E-state index >= 15 is 0 Å². The van der Waals surface area contributed by atoms with Gasteiger partial charge in [-0.15, -0.1) is 0 Å². The number of hydrogen-bond acceptors (Lipinski definition) is 5. The van der Waals surface area contributed by atoms with Crippen LogP contribution in [0, 0.1) is 0 Å². The average molecular weight is 344 g/mol. The van der Waals surface area contributed by atoms with E-state index in [9.17, 15) is 13.8 Å². The van der Waals surface area contributed by atoms with Crippen LogP contribution in [0.25, 0.3) is 0 Å². The van der Waals surface area contributed by atoms with Crippen LogP contribution in [0.2, 0.25) is 0 Å². The van der Waals surface area contributed by atoms with Crippen molar-refractivity contribution in [2.24, 2.45) is 0 Å². The highest BCUT2D eigenvalue weighted by molar-refractivity contribution is 7.98. The summed E-state index contributed by atoms with van der Waals surface area (Å²) in [5.41, 5.74) is 0. The van der Waals surface area contributed by atoms with E-state index in [1.54, 1.807) is 0 Å². The zero-order chi connectivity index (χ0) is 15.5. The van der Waals surface area contributed by atoms with Crippen LogP contribution in [-0.2, 0) is 20.8 Å². The van der Waals surface area contributed by atoms with Crippen LogP contribution in [0.15, 0.2) is 0 Å². The second-order valence-corrected chi connectivity index (χ2v) is 6.83. The smallest absolute Gasteiger partial charge is 0.321 e. The van der Waals surface area contributed by atoms with Crippen molar-refractivity contribution in [3.63, 3.8) is 0 Å². The lowest BCUT2D eigenvalue weighted by Crippen LogP contribution is -2.48. The molecule has 0 saturated heterocycles. The van der Waals surface area contributed by atoms with E-state index < -0.39 is 35.2 Å². The summed E-state index contributed by atoms with van der Waals surface area (Å²) in [4.78, 5) is 22.0. The van der Waals surface area contributed by atoms with Gasteiger partial charge < -0.3 is 10.2 Å². The number of carbonyl (C=O) groups is 2. The molecular formula is C10H20N2O5S3. The van der Waals surface area contributed by atoms with Gasteiger partial charge in [0.2, 0.25) is 0 Å². The minimum absolute atomic E-state index is 0.312. The fraction of sp³-hybridized carbons (Fsp3) is 0.800. The summed E-state index contributed by atoms with van der Waals surface area (Å²) >= 11 is 1.06. The number of hydrogen-bond donors (Lipinski definition) is 4. The molecule has 4 N–H and O–H groups in total. The first-order valence-electron chi connectivity index (χ1n) is 5.80. The Morgan fingerprint density at radius 3 is 1.60 bits per heavy atom. The van der Waals surface area contributed by atoms with Crippen LogP contribution in [0.4, 0.5) is 0 Å². The molecule has 20 heavy (non-hydrogen) atoms. The zero-order valence-corrected chi connectivity index (χ0v) is 13.8. The van der Waals surface area contributed by atoms with Crippen LogP contribution in [0.1, 0.15) is 12.8 Å². The van der Waals surface area contributed by atoms with Gasteiger partial charge in [0, 0.05) is 0 Å². The summed E-state index contributed by atoms with van der Waals surface area (Å²) in [6.45, 7) is 0. The molecule has 7 nitrogen and oxygen atoms in total. The van der Waals surface area contributed by atoms with Crippen molar-refractivity contribution in [2.75, 3.05) is 24.0 Å². The molecule has 0 heterocycles. The number of nitrogens with one attached hydrogen (secondary N) is 2. The van der Waals surface area contributed by atoms with Crippen LogP contribution < -0.4 is 9.44 Å². The average Bonchev–Trinajstić information content (AvgIpc) is 2.38. The van der Waals surface area contributed by atoms with Crippen LogP contribution >= 0.6 is 23.5 Å². The molecule has 0 unspecified atom stereocenters. The minimum Gasteiger partial charge on any atom is -0.480 e. The Kier molecular flexibility index (Phi) is 11.2. The number of rotatable bonds is 12. The first-order valence-corrected chi connectivity index (χ1v) is 9.73. The van der Waals surface area contributed by atoms with E-state index in [1.807, 2.05) is 12.5 Å². The molecule has 0 spiro atoms. The second-order valence-electron chi connectivity index (χ2n) is 3.85. The van der Waals surface area contributed by atoms with Crippen LogP contribution in [0.3, 0.4) is 0 Å². The number of carboxylic acids is 2.